The van der Waals surface area contributed by atoms with E-state index >= 15 is 0 Å². The third kappa shape index (κ3) is 10.0. The van der Waals surface area contributed by atoms with E-state index in [1.165, 1.54) is 10.4 Å². The summed E-state index contributed by atoms with van der Waals surface area (Å²) in [5.41, 5.74) is 2.41. The molecule has 60 heavy (non-hydrogen) atoms. The number of aryl methyl sites for hydroxylation is 1. The minimum Gasteiger partial charge on any atom is -0.414 e. The molecule has 0 unspecified atom stereocenters. The number of aromatic nitrogens is 4. The van der Waals surface area contributed by atoms with Crippen LogP contribution in [-0.2, 0) is 28.9 Å². The fourth-order valence-electron chi connectivity index (χ4n) is 7.37. The molecule has 1 aliphatic heterocycles. The van der Waals surface area contributed by atoms with E-state index in [0.717, 1.165) is 23.3 Å². The van der Waals surface area contributed by atoms with Crippen LogP contribution in [0.2, 0.25) is 59.4 Å². The molecule has 4 aromatic rings. The first-order chi connectivity index (χ1) is 27.5. The maximum atomic E-state index is 7.45. The average molecular weight is 892 g/mol. The summed E-state index contributed by atoms with van der Waals surface area (Å²) in [5, 5.41) is 2.47. The summed E-state index contributed by atoms with van der Waals surface area (Å²) in [6.45, 7) is 42.4. The topological polar surface area (TPSA) is 89.8 Å². The molecule has 332 valence electrons. The van der Waals surface area contributed by atoms with Gasteiger partial charge in [-0.1, -0.05) is 144 Å². The number of benzene rings is 2. The Morgan fingerprint density at radius 2 is 1.10 bits per heavy atom. The molecule has 0 bridgehead atoms. The molecule has 2 aromatic carbocycles. The van der Waals surface area contributed by atoms with Crippen LogP contribution in [0.15, 0.2) is 73.3 Å². The van der Waals surface area contributed by atoms with Gasteiger partial charge in [0, 0.05) is 6.61 Å². The highest BCUT2D eigenvalue weighted by Crippen LogP contribution is 2.47. The van der Waals surface area contributed by atoms with Crippen LogP contribution in [0.3, 0.4) is 0 Å². The highest BCUT2D eigenvalue weighted by Gasteiger charge is 2.55. The van der Waals surface area contributed by atoms with Gasteiger partial charge >= 0.3 is 0 Å². The van der Waals surface area contributed by atoms with Crippen LogP contribution < -0.4 is 10.4 Å². The fourth-order valence-corrected chi connectivity index (χ4v) is 15.6. The van der Waals surface area contributed by atoms with Crippen LogP contribution in [0.25, 0.3) is 11.2 Å². The average Bonchev–Trinajstić information content (AvgIpc) is 3.70. The van der Waals surface area contributed by atoms with Crippen LogP contribution in [-0.4, -0.2) is 84.3 Å². The van der Waals surface area contributed by atoms with Crippen LogP contribution >= 0.6 is 0 Å². The van der Waals surface area contributed by atoms with Crippen molar-refractivity contribution >= 4 is 54.8 Å². The number of fused-ring (bicyclic) bond motifs is 1. The molecule has 1 saturated heterocycles. The maximum absolute atomic E-state index is 7.45. The first-order valence-electron chi connectivity index (χ1n) is 22.1. The molecule has 13 heteroatoms. The highest BCUT2D eigenvalue weighted by molar-refractivity contribution is 6.99. The lowest BCUT2D eigenvalue weighted by Gasteiger charge is -2.44. The van der Waals surface area contributed by atoms with Crippen LogP contribution in [0, 0.1) is 0 Å². The molecule has 4 atom stereocenters. The Labute approximate surface area is 367 Å². The molecular formula is C47H78N4O5Si4. The van der Waals surface area contributed by atoms with Crippen molar-refractivity contribution < 1.29 is 22.4 Å². The summed E-state index contributed by atoms with van der Waals surface area (Å²) in [6, 6.07) is 21.6. The van der Waals surface area contributed by atoms with Gasteiger partial charge in [0.15, 0.2) is 36.8 Å². The van der Waals surface area contributed by atoms with Crippen molar-refractivity contribution in [1.29, 1.82) is 0 Å². The zero-order chi connectivity index (χ0) is 44.7. The van der Waals surface area contributed by atoms with Gasteiger partial charge in [0.2, 0.25) is 0 Å². The molecule has 0 aliphatic carbocycles. The zero-order valence-electron chi connectivity index (χ0n) is 40.4. The Hall–Kier alpha value is -2.34. The standard InChI is InChI=1S/C47H78N4O5Si4/c1-44(2,3)57(13,14)53-32-38-40(55-58(15,16)45(4,5)6)41(56-59(17,18)46(7,8)9)43(54-38)51-34-50-39-37(48-33-49-42(39)51)30-25-31-52-60(47(10,11)12,35-26-21-19-22-27-35)36-28-23-20-24-29-36/h19-24,26-29,33-34,38,40-41,43H,25,30-32H2,1-18H3/t38-,40-,41-,43-/m1/s1. The largest absolute Gasteiger partial charge is 0.414 e. The van der Waals surface area contributed by atoms with Gasteiger partial charge in [0.1, 0.15) is 30.2 Å². The summed E-state index contributed by atoms with van der Waals surface area (Å²) >= 11 is 0. The number of ether oxygens (including phenoxy) is 1. The summed E-state index contributed by atoms with van der Waals surface area (Å²) in [7, 11) is -9.42. The molecule has 0 radical (unpaired) electrons. The monoisotopic (exact) mass is 891 g/mol. The predicted molar refractivity (Wildman–Crippen MR) is 258 cm³/mol. The first kappa shape index (κ1) is 48.7. The molecule has 3 heterocycles. The maximum Gasteiger partial charge on any atom is 0.261 e. The molecule has 2 aromatic heterocycles. The van der Waals surface area contributed by atoms with Crippen molar-refractivity contribution in [3.8, 4) is 0 Å². The molecule has 0 spiro atoms. The third-order valence-corrected chi connectivity index (χ3v) is 32.7. The van der Waals surface area contributed by atoms with Crippen molar-refractivity contribution in [2.24, 2.45) is 0 Å². The molecule has 9 nitrogen and oxygen atoms in total. The quantitative estimate of drug-likeness (QED) is 0.0861. The second-order valence-electron chi connectivity index (χ2n) is 22.6. The number of rotatable bonds is 15. The van der Waals surface area contributed by atoms with E-state index in [-0.39, 0.29) is 32.4 Å². The van der Waals surface area contributed by atoms with Crippen LogP contribution in [0.1, 0.15) is 101 Å². The molecule has 1 aliphatic rings. The summed E-state index contributed by atoms with van der Waals surface area (Å²) in [5.74, 6) is 0. The summed E-state index contributed by atoms with van der Waals surface area (Å²) in [6.07, 6.45) is 3.42. The Bertz CT molecular complexity index is 1980. The lowest BCUT2D eigenvalue weighted by Crippen LogP contribution is -2.66. The van der Waals surface area contributed by atoms with Gasteiger partial charge in [-0.2, -0.15) is 0 Å². The SMILES string of the molecule is CC(C)(C)[Si](C)(C)OC[C@H]1O[C@@H](n2cnc3c(CCCO[Si](c4ccccc4)(c4ccccc4)C(C)(C)C)ncnc32)[C@H](O[Si](C)(C)C(C)(C)C)[C@@H]1O[Si](C)(C)C(C)(C)C. The molecule has 1 fully saturated rings. The van der Waals surface area contributed by atoms with Crippen molar-refractivity contribution in [2.45, 2.75) is 180 Å². The number of hydrogen-bond donors (Lipinski definition) is 0. The Balaban J connectivity index is 1.50. The van der Waals surface area contributed by atoms with Crippen molar-refractivity contribution in [2.75, 3.05) is 13.2 Å². The minimum absolute atomic E-state index is 0.0117. The lowest BCUT2D eigenvalue weighted by molar-refractivity contribution is -0.0470. The molecular weight excluding hydrogens is 813 g/mol. The molecule has 5 rings (SSSR count). The zero-order valence-corrected chi connectivity index (χ0v) is 44.4. The molecule has 0 N–H and O–H groups in total. The normalized spacial score (nSPS) is 20.3. The van der Waals surface area contributed by atoms with Crippen molar-refractivity contribution in [3.63, 3.8) is 0 Å². The summed E-state index contributed by atoms with van der Waals surface area (Å²) < 4.78 is 38.3. The van der Waals surface area contributed by atoms with E-state index in [4.69, 9.17) is 37.4 Å². The number of imidazole rings is 1. The molecule has 0 saturated carbocycles. The fraction of sp³-hybridized carbons (Fsp3) is 0.638. The van der Waals surface area contributed by atoms with Gasteiger partial charge in [-0.15, -0.1) is 0 Å². The van der Waals surface area contributed by atoms with Gasteiger partial charge in [-0.05, 0) is 82.7 Å². The Kier molecular flexibility index (Phi) is 14.3. The van der Waals surface area contributed by atoms with Gasteiger partial charge in [0.05, 0.1) is 18.6 Å². The minimum atomic E-state index is -2.66. The lowest BCUT2D eigenvalue weighted by atomic mass is 10.1. The smallest absolute Gasteiger partial charge is 0.261 e. The van der Waals surface area contributed by atoms with Crippen molar-refractivity contribution in [1.82, 2.24) is 19.5 Å². The van der Waals surface area contributed by atoms with E-state index in [1.807, 2.05) is 6.33 Å². The van der Waals surface area contributed by atoms with E-state index in [2.05, 4.69) is 188 Å². The van der Waals surface area contributed by atoms with E-state index < -0.39 is 45.6 Å². The second-order valence-corrected chi connectivity index (χ2v) is 41.2. The third-order valence-electron chi connectivity index (χ3n) is 14.2. The van der Waals surface area contributed by atoms with Crippen LogP contribution in [0.5, 0.6) is 0 Å². The van der Waals surface area contributed by atoms with Crippen molar-refractivity contribution in [3.05, 3.63) is 79.0 Å². The van der Waals surface area contributed by atoms with Crippen LogP contribution in [0.4, 0.5) is 0 Å². The number of nitrogens with zero attached hydrogens (tertiary/aromatic N) is 4. The predicted octanol–water partition coefficient (Wildman–Crippen LogP) is 11.0. The first-order valence-corrected chi connectivity index (χ1v) is 32.7. The Morgan fingerprint density at radius 3 is 1.58 bits per heavy atom. The van der Waals surface area contributed by atoms with E-state index in [9.17, 15) is 0 Å². The summed E-state index contributed by atoms with van der Waals surface area (Å²) in [4.78, 5) is 14.7. The molecule has 0 amide bonds. The van der Waals surface area contributed by atoms with E-state index in [0.29, 0.717) is 19.6 Å². The Morgan fingerprint density at radius 1 is 0.600 bits per heavy atom. The van der Waals surface area contributed by atoms with Gasteiger partial charge in [0.25, 0.3) is 8.32 Å². The highest BCUT2D eigenvalue weighted by atomic mass is 28.4. The number of hydrogen-bond acceptors (Lipinski definition) is 8. The van der Waals surface area contributed by atoms with Gasteiger partial charge in [-0.25, -0.2) is 15.0 Å². The van der Waals surface area contributed by atoms with Gasteiger partial charge < -0.3 is 22.4 Å². The van der Waals surface area contributed by atoms with Gasteiger partial charge in [-0.3, -0.25) is 4.57 Å². The van der Waals surface area contributed by atoms with E-state index in [1.54, 1.807) is 6.33 Å². The second kappa shape index (κ2) is 17.7.